The number of benzene rings is 3. The summed E-state index contributed by atoms with van der Waals surface area (Å²) in [6.45, 7) is 2.06. The Kier molecular flexibility index (Phi) is 6.65. The molecule has 29 heavy (non-hydrogen) atoms. The van der Waals surface area contributed by atoms with Gasteiger partial charge in [-0.15, -0.1) is 0 Å². The molecule has 0 aliphatic carbocycles. The quantitative estimate of drug-likeness (QED) is 0.451. The Morgan fingerprint density at radius 2 is 1.52 bits per heavy atom. The Morgan fingerprint density at radius 3 is 2.14 bits per heavy atom. The first-order valence-corrected chi connectivity index (χ1v) is 9.46. The first-order chi connectivity index (χ1) is 14.0. The van der Waals surface area contributed by atoms with Crippen LogP contribution >= 0.6 is 0 Å². The van der Waals surface area contributed by atoms with Crippen LogP contribution in [0.15, 0.2) is 84.9 Å². The van der Waals surface area contributed by atoms with Crippen LogP contribution in [0, 0.1) is 5.92 Å². The number of carbonyl (C=O) groups excluding carboxylic acids is 1. The van der Waals surface area contributed by atoms with E-state index in [1.165, 1.54) is 0 Å². The first kappa shape index (κ1) is 20.6. The zero-order chi connectivity index (χ0) is 20.7. The maximum absolute atomic E-state index is 12.4. The number of hydrogen-bond donors (Lipinski definition) is 2. The molecule has 3 N–H and O–H groups in total. The van der Waals surface area contributed by atoms with Crippen molar-refractivity contribution in [2.45, 2.75) is 25.9 Å². The molecule has 3 rings (SSSR count). The van der Waals surface area contributed by atoms with E-state index in [1.807, 2.05) is 60.7 Å². The molecule has 2 atom stereocenters. The molecule has 0 fully saturated rings. The van der Waals surface area contributed by atoms with Gasteiger partial charge in [0, 0.05) is 5.56 Å². The predicted molar refractivity (Wildman–Crippen MR) is 111 cm³/mol. The summed E-state index contributed by atoms with van der Waals surface area (Å²) < 4.78 is 11.1. The van der Waals surface area contributed by atoms with Crippen molar-refractivity contribution in [1.29, 1.82) is 0 Å². The van der Waals surface area contributed by atoms with Crippen LogP contribution in [-0.2, 0) is 28.5 Å². The minimum Gasteiger partial charge on any atom is -0.489 e. The summed E-state index contributed by atoms with van der Waals surface area (Å²) in [5, 5.41) is 10.9. The highest BCUT2D eigenvalue weighted by molar-refractivity contribution is 5.73. The summed E-state index contributed by atoms with van der Waals surface area (Å²) in [4.78, 5) is 12.4. The molecular weight excluding hydrogens is 366 g/mol. The first-order valence-electron chi connectivity index (χ1n) is 9.46. The molecule has 0 aliphatic heterocycles. The Morgan fingerprint density at radius 1 is 0.931 bits per heavy atom. The lowest BCUT2D eigenvalue weighted by Gasteiger charge is -2.29. The summed E-state index contributed by atoms with van der Waals surface area (Å²) in [6, 6.07) is 25.9. The third-order valence-corrected chi connectivity index (χ3v) is 4.78. The lowest BCUT2D eigenvalue weighted by molar-refractivity contribution is -0.159. The molecule has 0 saturated heterocycles. The summed E-state index contributed by atoms with van der Waals surface area (Å²) in [5.74, 6) is -0.981. The maximum atomic E-state index is 12.4. The Labute approximate surface area is 170 Å². The summed E-state index contributed by atoms with van der Waals surface area (Å²) >= 11 is 0. The SMILES string of the molecule is CC(C(=O)OCc1ccccc1)C(N)(O)c1cccc(OCc2ccccc2)c1. The van der Waals surface area contributed by atoms with Gasteiger partial charge in [0.1, 0.15) is 24.9 Å². The molecule has 0 heterocycles. The molecule has 2 unspecified atom stereocenters. The third-order valence-electron chi connectivity index (χ3n) is 4.78. The number of esters is 1. The van der Waals surface area contributed by atoms with Gasteiger partial charge in [0.15, 0.2) is 5.72 Å². The fourth-order valence-electron chi connectivity index (χ4n) is 2.86. The van der Waals surface area contributed by atoms with Crippen LogP contribution in [0.4, 0.5) is 0 Å². The van der Waals surface area contributed by atoms with Crippen LogP contribution < -0.4 is 10.5 Å². The molecule has 0 radical (unpaired) electrons. The van der Waals surface area contributed by atoms with Gasteiger partial charge in [0.25, 0.3) is 0 Å². The summed E-state index contributed by atoms with van der Waals surface area (Å²) in [7, 11) is 0. The molecule has 150 valence electrons. The van der Waals surface area contributed by atoms with Crippen LogP contribution in [0.25, 0.3) is 0 Å². The monoisotopic (exact) mass is 391 g/mol. The van der Waals surface area contributed by atoms with Gasteiger partial charge in [-0.25, -0.2) is 0 Å². The number of nitrogens with two attached hydrogens (primary N) is 1. The average Bonchev–Trinajstić information content (AvgIpc) is 2.77. The van der Waals surface area contributed by atoms with E-state index in [-0.39, 0.29) is 6.61 Å². The molecule has 0 amide bonds. The Hall–Kier alpha value is -3.15. The summed E-state index contributed by atoms with van der Waals surface area (Å²) in [6.07, 6.45) is 0. The zero-order valence-electron chi connectivity index (χ0n) is 16.3. The van der Waals surface area contributed by atoms with Crippen molar-refractivity contribution < 1.29 is 19.4 Å². The lowest BCUT2D eigenvalue weighted by atomic mass is 9.91. The van der Waals surface area contributed by atoms with Crippen molar-refractivity contribution in [3.05, 3.63) is 102 Å². The van der Waals surface area contributed by atoms with Gasteiger partial charge in [-0.05, 0) is 30.2 Å². The van der Waals surface area contributed by atoms with E-state index in [0.29, 0.717) is 17.9 Å². The Balaban J connectivity index is 1.65. The van der Waals surface area contributed by atoms with E-state index in [9.17, 15) is 9.90 Å². The van der Waals surface area contributed by atoms with Gasteiger partial charge < -0.3 is 14.6 Å². The minimum atomic E-state index is -1.89. The van der Waals surface area contributed by atoms with Crippen molar-refractivity contribution in [2.75, 3.05) is 0 Å². The highest BCUT2D eigenvalue weighted by Gasteiger charge is 2.37. The maximum Gasteiger partial charge on any atom is 0.313 e. The number of ether oxygens (including phenoxy) is 2. The van der Waals surface area contributed by atoms with Crippen LogP contribution in [0.1, 0.15) is 23.6 Å². The molecule has 3 aromatic rings. The van der Waals surface area contributed by atoms with Crippen molar-refractivity contribution >= 4 is 5.97 Å². The van der Waals surface area contributed by atoms with Gasteiger partial charge in [0.2, 0.25) is 0 Å². The molecular formula is C24H25NO4. The highest BCUT2D eigenvalue weighted by Crippen LogP contribution is 2.28. The van der Waals surface area contributed by atoms with Crippen LogP contribution in [0.5, 0.6) is 5.75 Å². The van der Waals surface area contributed by atoms with Crippen molar-refractivity contribution in [3.63, 3.8) is 0 Å². The van der Waals surface area contributed by atoms with Gasteiger partial charge in [0.05, 0.1) is 0 Å². The van der Waals surface area contributed by atoms with Gasteiger partial charge in [-0.1, -0.05) is 72.8 Å². The van der Waals surface area contributed by atoms with Crippen molar-refractivity contribution in [1.82, 2.24) is 0 Å². The zero-order valence-corrected chi connectivity index (χ0v) is 16.3. The second-order valence-corrected chi connectivity index (χ2v) is 6.94. The van der Waals surface area contributed by atoms with Crippen LogP contribution in [-0.4, -0.2) is 11.1 Å². The van der Waals surface area contributed by atoms with E-state index < -0.39 is 17.6 Å². The molecule has 0 spiro atoms. The largest absolute Gasteiger partial charge is 0.489 e. The number of carbonyl (C=O) groups is 1. The highest BCUT2D eigenvalue weighted by atomic mass is 16.5. The van der Waals surface area contributed by atoms with Crippen LogP contribution in [0.3, 0.4) is 0 Å². The Bertz CT molecular complexity index is 926. The van der Waals surface area contributed by atoms with Crippen LogP contribution in [0.2, 0.25) is 0 Å². The molecule has 0 saturated carbocycles. The fraction of sp³-hybridized carbons (Fsp3) is 0.208. The topological polar surface area (TPSA) is 81.8 Å². The second-order valence-electron chi connectivity index (χ2n) is 6.94. The molecule has 5 nitrogen and oxygen atoms in total. The predicted octanol–water partition coefficient (Wildman–Crippen LogP) is 3.75. The number of aliphatic hydroxyl groups is 1. The van der Waals surface area contributed by atoms with E-state index in [4.69, 9.17) is 15.2 Å². The second kappa shape index (κ2) is 9.37. The van der Waals surface area contributed by atoms with Gasteiger partial charge in [-0.2, -0.15) is 0 Å². The van der Waals surface area contributed by atoms with Gasteiger partial charge >= 0.3 is 5.97 Å². The third kappa shape index (κ3) is 5.44. The number of hydrogen-bond acceptors (Lipinski definition) is 5. The molecule has 0 aromatic heterocycles. The standard InChI is InChI=1S/C24H25NO4/c1-18(23(26)29-17-20-11-6-3-7-12-20)24(25,27)21-13-8-14-22(15-21)28-16-19-9-4-2-5-10-19/h2-15,18,27H,16-17,25H2,1H3. The molecule has 5 heteroatoms. The average molecular weight is 391 g/mol. The van der Waals surface area contributed by atoms with E-state index in [2.05, 4.69) is 0 Å². The minimum absolute atomic E-state index is 0.125. The number of rotatable bonds is 8. The molecule has 0 aliphatic rings. The summed E-state index contributed by atoms with van der Waals surface area (Å²) in [5.41, 5.74) is 6.51. The smallest absolute Gasteiger partial charge is 0.313 e. The molecule has 0 bridgehead atoms. The normalized spacial score (nSPS) is 13.9. The van der Waals surface area contributed by atoms with E-state index in [0.717, 1.165) is 11.1 Å². The van der Waals surface area contributed by atoms with E-state index >= 15 is 0 Å². The van der Waals surface area contributed by atoms with E-state index in [1.54, 1.807) is 31.2 Å². The fourth-order valence-corrected chi connectivity index (χ4v) is 2.86. The van der Waals surface area contributed by atoms with Crippen molar-refractivity contribution in [3.8, 4) is 5.75 Å². The molecule has 3 aromatic carbocycles. The van der Waals surface area contributed by atoms with Crippen molar-refractivity contribution in [2.24, 2.45) is 11.7 Å². The van der Waals surface area contributed by atoms with Gasteiger partial charge in [-0.3, -0.25) is 10.5 Å². The lowest BCUT2D eigenvalue weighted by Crippen LogP contribution is -2.46.